The number of rotatable bonds is 9. The second-order valence-corrected chi connectivity index (χ2v) is 6.01. The molecule has 0 saturated carbocycles. The Morgan fingerprint density at radius 3 is 2.39 bits per heavy atom. The smallest absolute Gasteiger partial charge is 0.412 e. The number of nitrogens with one attached hydrogen (secondary N) is 1. The molecule has 0 spiro atoms. The van der Waals surface area contributed by atoms with Crippen molar-refractivity contribution in [3.63, 3.8) is 0 Å². The molecule has 0 saturated heterocycles. The third-order valence-electron chi connectivity index (χ3n) is 3.84. The van der Waals surface area contributed by atoms with E-state index in [9.17, 15) is 9.59 Å². The summed E-state index contributed by atoms with van der Waals surface area (Å²) < 4.78 is 10.9. The van der Waals surface area contributed by atoms with Crippen LogP contribution < -0.4 is 10.1 Å². The Labute approximate surface area is 163 Å². The Morgan fingerprint density at radius 2 is 1.79 bits per heavy atom. The van der Waals surface area contributed by atoms with E-state index in [4.69, 9.17) is 19.7 Å². The minimum absolute atomic E-state index is 0.0931. The highest BCUT2D eigenvalue weighted by Gasteiger charge is 2.22. The molecule has 2 rings (SSSR count). The molecule has 2 atom stereocenters. The molecule has 0 radical (unpaired) electrons. The summed E-state index contributed by atoms with van der Waals surface area (Å²) in [6, 6.07) is 15.7. The molecule has 0 heterocycles. The summed E-state index contributed by atoms with van der Waals surface area (Å²) in [4.78, 5) is 23.1. The Morgan fingerprint density at radius 1 is 1.11 bits per heavy atom. The third kappa shape index (κ3) is 6.77. The SMILES string of the molecule is C[C@@H](/C=C/C(=O)O)[C@H](OC(=O)Nc1ccccc1)c1ccc(OCCO)cc1. The fraction of sp³-hybridized carbons (Fsp3) is 0.238. The third-order valence-corrected chi connectivity index (χ3v) is 3.84. The number of hydrogen-bond acceptors (Lipinski definition) is 5. The number of aliphatic hydroxyl groups is 1. The molecule has 0 unspecified atom stereocenters. The van der Waals surface area contributed by atoms with E-state index >= 15 is 0 Å². The van der Waals surface area contributed by atoms with Crippen molar-refractivity contribution in [1.29, 1.82) is 0 Å². The fourth-order valence-corrected chi connectivity index (χ4v) is 2.52. The summed E-state index contributed by atoms with van der Waals surface area (Å²) >= 11 is 0. The number of carbonyl (C=O) groups excluding carboxylic acids is 1. The number of hydrogen-bond donors (Lipinski definition) is 3. The lowest BCUT2D eigenvalue weighted by Crippen LogP contribution is -2.21. The van der Waals surface area contributed by atoms with Crippen LogP contribution in [0.25, 0.3) is 0 Å². The second-order valence-electron chi connectivity index (χ2n) is 6.01. The van der Waals surface area contributed by atoms with Crippen molar-refractivity contribution in [3.8, 4) is 5.75 Å². The Bertz CT molecular complexity index is 788. The van der Waals surface area contributed by atoms with E-state index in [0.717, 1.165) is 6.08 Å². The van der Waals surface area contributed by atoms with Gasteiger partial charge in [-0.25, -0.2) is 9.59 Å². The molecule has 0 bridgehead atoms. The molecule has 0 aliphatic rings. The number of aliphatic hydroxyl groups excluding tert-OH is 1. The van der Waals surface area contributed by atoms with E-state index < -0.39 is 18.2 Å². The molecule has 28 heavy (non-hydrogen) atoms. The average Bonchev–Trinajstić information content (AvgIpc) is 2.70. The molecule has 2 aromatic rings. The van der Waals surface area contributed by atoms with Gasteiger partial charge in [-0.05, 0) is 29.8 Å². The number of carboxylic acids is 1. The number of aliphatic carboxylic acids is 1. The fourth-order valence-electron chi connectivity index (χ4n) is 2.52. The number of carbonyl (C=O) groups is 2. The van der Waals surface area contributed by atoms with E-state index in [0.29, 0.717) is 17.0 Å². The minimum Gasteiger partial charge on any atom is -0.491 e. The van der Waals surface area contributed by atoms with Crippen LogP contribution in [0, 0.1) is 5.92 Å². The standard InChI is InChI=1S/C21H23NO6/c1-15(7-12-19(24)25)20(16-8-10-18(11-9-16)27-14-13-23)28-21(26)22-17-5-3-2-4-6-17/h2-12,15,20,23H,13-14H2,1H3,(H,22,26)(H,24,25)/b12-7+/t15-,20-/m0/s1. The van der Waals surface area contributed by atoms with Gasteiger partial charge >= 0.3 is 12.1 Å². The Hall–Kier alpha value is -3.32. The van der Waals surface area contributed by atoms with Crippen LogP contribution in [0.4, 0.5) is 10.5 Å². The minimum atomic E-state index is -1.08. The zero-order valence-electron chi connectivity index (χ0n) is 15.4. The topological polar surface area (TPSA) is 105 Å². The van der Waals surface area contributed by atoms with E-state index in [1.54, 1.807) is 55.5 Å². The Kier molecular flexibility index (Phi) is 8.05. The van der Waals surface area contributed by atoms with Gasteiger partial charge in [0.05, 0.1) is 6.61 Å². The summed E-state index contributed by atoms with van der Waals surface area (Å²) in [5.74, 6) is -0.895. The number of amides is 1. The molecule has 2 aromatic carbocycles. The summed E-state index contributed by atoms with van der Waals surface area (Å²) in [6.45, 7) is 1.84. The van der Waals surface area contributed by atoms with Crippen molar-refractivity contribution in [2.45, 2.75) is 13.0 Å². The van der Waals surface area contributed by atoms with Crippen molar-refractivity contribution in [1.82, 2.24) is 0 Å². The number of para-hydroxylation sites is 1. The first-order chi connectivity index (χ1) is 13.5. The van der Waals surface area contributed by atoms with E-state index in [1.807, 2.05) is 6.07 Å². The molecule has 0 fully saturated rings. The van der Waals surface area contributed by atoms with Crippen LogP contribution in [0.5, 0.6) is 5.75 Å². The first-order valence-electron chi connectivity index (χ1n) is 8.77. The number of carboxylic acid groups (broad SMARTS) is 1. The van der Waals surface area contributed by atoms with E-state index in [1.165, 1.54) is 6.08 Å². The molecule has 3 N–H and O–H groups in total. The maximum absolute atomic E-state index is 12.3. The van der Waals surface area contributed by atoms with Gasteiger partial charge in [-0.1, -0.05) is 43.3 Å². The molecule has 7 heteroatoms. The lowest BCUT2D eigenvalue weighted by Gasteiger charge is -2.23. The van der Waals surface area contributed by atoms with Gasteiger partial charge in [0.25, 0.3) is 0 Å². The quantitative estimate of drug-likeness (QED) is 0.570. The van der Waals surface area contributed by atoms with Gasteiger partial charge in [0.15, 0.2) is 0 Å². The highest BCUT2D eigenvalue weighted by Crippen LogP contribution is 2.29. The van der Waals surface area contributed by atoms with Gasteiger partial charge in [0, 0.05) is 17.7 Å². The van der Waals surface area contributed by atoms with Crippen molar-refractivity contribution in [2.24, 2.45) is 5.92 Å². The van der Waals surface area contributed by atoms with Crippen molar-refractivity contribution in [2.75, 3.05) is 18.5 Å². The molecule has 0 aliphatic heterocycles. The van der Waals surface area contributed by atoms with Crippen molar-refractivity contribution < 1.29 is 29.3 Å². The average molecular weight is 385 g/mol. The first-order valence-corrected chi connectivity index (χ1v) is 8.77. The predicted molar refractivity (Wildman–Crippen MR) is 104 cm³/mol. The van der Waals surface area contributed by atoms with E-state index in [-0.39, 0.29) is 19.1 Å². The number of anilines is 1. The zero-order valence-corrected chi connectivity index (χ0v) is 15.4. The van der Waals surface area contributed by atoms with Crippen LogP contribution in [0.3, 0.4) is 0 Å². The summed E-state index contributed by atoms with van der Waals surface area (Å²) in [5.41, 5.74) is 1.27. The molecule has 148 valence electrons. The molecular formula is C21H23NO6. The van der Waals surface area contributed by atoms with Gasteiger partial charge in [0.1, 0.15) is 18.5 Å². The zero-order chi connectivity index (χ0) is 20.4. The van der Waals surface area contributed by atoms with Crippen molar-refractivity contribution >= 4 is 17.7 Å². The van der Waals surface area contributed by atoms with Crippen LogP contribution in [0.1, 0.15) is 18.6 Å². The van der Waals surface area contributed by atoms with Gasteiger partial charge in [-0.2, -0.15) is 0 Å². The van der Waals surface area contributed by atoms with Crippen LogP contribution in [-0.4, -0.2) is 35.5 Å². The number of ether oxygens (including phenoxy) is 2. The van der Waals surface area contributed by atoms with Gasteiger partial charge in [0.2, 0.25) is 0 Å². The molecule has 1 amide bonds. The largest absolute Gasteiger partial charge is 0.491 e. The Balaban J connectivity index is 2.16. The molecule has 0 aliphatic carbocycles. The summed E-state index contributed by atoms with van der Waals surface area (Å²) in [5, 5.41) is 20.3. The van der Waals surface area contributed by atoms with Gasteiger partial charge in [-0.3, -0.25) is 5.32 Å². The predicted octanol–water partition coefficient (Wildman–Crippen LogP) is 3.62. The van der Waals surface area contributed by atoms with Crippen LogP contribution in [-0.2, 0) is 9.53 Å². The normalized spacial score (nSPS) is 12.9. The lowest BCUT2D eigenvalue weighted by molar-refractivity contribution is -0.131. The maximum Gasteiger partial charge on any atom is 0.412 e. The van der Waals surface area contributed by atoms with Gasteiger partial charge in [-0.15, -0.1) is 0 Å². The number of benzene rings is 2. The van der Waals surface area contributed by atoms with Gasteiger partial charge < -0.3 is 19.7 Å². The molecule has 0 aromatic heterocycles. The molecular weight excluding hydrogens is 362 g/mol. The monoisotopic (exact) mass is 385 g/mol. The van der Waals surface area contributed by atoms with Crippen LogP contribution >= 0.6 is 0 Å². The van der Waals surface area contributed by atoms with Crippen LogP contribution in [0.2, 0.25) is 0 Å². The molecule has 7 nitrogen and oxygen atoms in total. The first kappa shape index (κ1) is 21.0. The summed E-state index contributed by atoms with van der Waals surface area (Å²) in [6.07, 6.45) is 1.15. The summed E-state index contributed by atoms with van der Waals surface area (Å²) in [7, 11) is 0. The lowest BCUT2D eigenvalue weighted by atomic mass is 9.96. The maximum atomic E-state index is 12.3. The highest BCUT2D eigenvalue weighted by molar-refractivity contribution is 5.84. The van der Waals surface area contributed by atoms with Crippen molar-refractivity contribution in [3.05, 3.63) is 72.3 Å². The van der Waals surface area contributed by atoms with Crippen LogP contribution in [0.15, 0.2) is 66.7 Å². The highest BCUT2D eigenvalue weighted by atomic mass is 16.6. The van der Waals surface area contributed by atoms with E-state index in [2.05, 4.69) is 5.32 Å². The second kappa shape index (κ2) is 10.7.